The Bertz CT molecular complexity index is 99.6. The minimum absolute atomic E-state index is 0. The Balaban J connectivity index is 0. The van der Waals surface area contributed by atoms with Gasteiger partial charge in [0.2, 0.25) is 0 Å². The Morgan fingerprint density at radius 1 is 1.22 bits per heavy atom. The fraction of sp³-hybridized carbons (Fsp3) is 1.00. The number of hydrogen-bond acceptors (Lipinski definition) is 4. The Morgan fingerprint density at radius 3 is 1.44 bits per heavy atom. The predicted octanol–water partition coefficient (Wildman–Crippen LogP) is -0.476. The zero-order valence-electron chi connectivity index (χ0n) is 4.24. The first-order valence-electron chi connectivity index (χ1n) is 2.23. The van der Waals surface area contributed by atoms with Crippen molar-refractivity contribution in [3.63, 3.8) is 0 Å². The van der Waals surface area contributed by atoms with Gasteiger partial charge in [-0.3, -0.25) is 0 Å². The molecule has 0 heterocycles. The van der Waals surface area contributed by atoms with Crippen LogP contribution >= 0.6 is 0 Å². The summed E-state index contributed by atoms with van der Waals surface area (Å²) in [5.74, 6) is 0. The van der Waals surface area contributed by atoms with E-state index < -0.39 is 11.0 Å². The molecule has 0 aromatic heterocycles. The van der Waals surface area contributed by atoms with Crippen LogP contribution in [0.2, 0.25) is 0 Å². The van der Waals surface area contributed by atoms with Gasteiger partial charge in [0.1, 0.15) is 0 Å². The molecule has 1 rings (SSSR count). The zero-order chi connectivity index (χ0) is 6.41. The SMILES string of the molecule is C1CC1.O=[SH](=O)OO.[NaH]. The van der Waals surface area contributed by atoms with Crippen LogP contribution in [-0.2, 0) is 15.3 Å². The normalized spacial score (nSPS) is 13.1. The average molecular weight is 164 g/mol. The fourth-order valence-electron chi connectivity index (χ4n) is 0. The predicted molar refractivity (Wildman–Crippen MR) is 35.0 cm³/mol. The van der Waals surface area contributed by atoms with Gasteiger partial charge in [-0.15, -0.1) is 4.33 Å². The van der Waals surface area contributed by atoms with E-state index in [1.807, 2.05) is 0 Å². The third kappa shape index (κ3) is 28.0. The summed E-state index contributed by atoms with van der Waals surface area (Å²) < 4.78 is 20.6. The maximum atomic E-state index is 8.93. The first kappa shape index (κ1) is 12.5. The second-order valence-electron chi connectivity index (χ2n) is 1.37. The summed E-state index contributed by atoms with van der Waals surface area (Å²) in [6.45, 7) is 0. The Hall–Kier alpha value is 0.870. The van der Waals surface area contributed by atoms with Crippen LogP contribution in [0.25, 0.3) is 0 Å². The molecule has 1 aliphatic carbocycles. The molecule has 0 unspecified atom stereocenters. The quantitative estimate of drug-likeness (QED) is 0.238. The van der Waals surface area contributed by atoms with Gasteiger partial charge >= 0.3 is 29.6 Å². The van der Waals surface area contributed by atoms with E-state index in [2.05, 4.69) is 4.33 Å². The molecule has 1 fully saturated rings. The van der Waals surface area contributed by atoms with Gasteiger partial charge in [-0.05, 0) is 0 Å². The summed E-state index contributed by atoms with van der Waals surface area (Å²) >= 11 is 0. The summed E-state index contributed by atoms with van der Waals surface area (Å²) in [6.07, 6.45) is 4.50. The van der Waals surface area contributed by atoms with Gasteiger partial charge in [-0.25, -0.2) is 13.7 Å². The van der Waals surface area contributed by atoms with Crippen LogP contribution in [0.5, 0.6) is 0 Å². The second kappa shape index (κ2) is 8.87. The van der Waals surface area contributed by atoms with E-state index >= 15 is 0 Å². The van der Waals surface area contributed by atoms with Crippen molar-refractivity contribution in [2.45, 2.75) is 19.3 Å². The molecule has 0 aromatic rings. The van der Waals surface area contributed by atoms with Gasteiger partial charge < -0.3 is 0 Å². The van der Waals surface area contributed by atoms with E-state index in [9.17, 15) is 0 Å². The van der Waals surface area contributed by atoms with Crippen LogP contribution in [0.4, 0.5) is 0 Å². The standard InChI is InChI=1S/C3H6.Na.H2O4S.H/c1-2-3-1;;1-4-5(2)3;/h1-3H2;;1,5H;. The van der Waals surface area contributed by atoms with E-state index in [0.717, 1.165) is 0 Å². The Labute approximate surface area is 77.6 Å². The van der Waals surface area contributed by atoms with Gasteiger partial charge in [0.15, 0.2) is 0 Å². The first-order chi connectivity index (χ1) is 3.77. The molecule has 0 aromatic carbocycles. The van der Waals surface area contributed by atoms with E-state index in [-0.39, 0.29) is 29.6 Å². The van der Waals surface area contributed by atoms with E-state index in [1.54, 1.807) is 0 Å². The fourth-order valence-corrected chi connectivity index (χ4v) is 0. The molecule has 6 heteroatoms. The summed E-state index contributed by atoms with van der Waals surface area (Å²) in [4.78, 5) is 0. The average Bonchev–Trinajstić information content (AvgIpc) is 2.48. The molecule has 0 saturated heterocycles. The Morgan fingerprint density at radius 2 is 1.44 bits per heavy atom. The van der Waals surface area contributed by atoms with Crippen molar-refractivity contribution in [1.29, 1.82) is 0 Å². The number of hydrogen-bond donors (Lipinski definition) is 2. The van der Waals surface area contributed by atoms with Crippen molar-refractivity contribution in [2.75, 3.05) is 0 Å². The van der Waals surface area contributed by atoms with Gasteiger partial charge in [0, 0.05) is 0 Å². The molecule has 0 spiro atoms. The third-order valence-electron chi connectivity index (χ3n) is 0.420. The molecule has 1 saturated carbocycles. The minimum atomic E-state index is -3.04. The third-order valence-corrected chi connectivity index (χ3v) is 0.554. The molecule has 1 N–H and O–H groups in total. The first-order valence-corrected chi connectivity index (χ1v) is 3.33. The van der Waals surface area contributed by atoms with E-state index in [0.29, 0.717) is 0 Å². The molecular formula is C3H9NaO4S. The van der Waals surface area contributed by atoms with E-state index in [1.165, 1.54) is 19.3 Å². The van der Waals surface area contributed by atoms with Crippen LogP contribution in [0.15, 0.2) is 0 Å². The summed E-state index contributed by atoms with van der Waals surface area (Å²) in [5, 5.41) is 7.05. The van der Waals surface area contributed by atoms with E-state index in [4.69, 9.17) is 13.7 Å². The van der Waals surface area contributed by atoms with Gasteiger partial charge in [-0.2, -0.15) is 0 Å². The van der Waals surface area contributed by atoms with Crippen molar-refractivity contribution < 1.29 is 18.0 Å². The Kier molecular flexibility index (Phi) is 12.4. The molecule has 1 aliphatic rings. The maximum absolute atomic E-state index is 8.93. The van der Waals surface area contributed by atoms with Gasteiger partial charge in [-0.1, -0.05) is 19.3 Å². The van der Waals surface area contributed by atoms with Crippen molar-refractivity contribution in [1.82, 2.24) is 0 Å². The van der Waals surface area contributed by atoms with Crippen molar-refractivity contribution in [2.24, 2.45) is 0 Å². The molecule has 0 radical (unpaired) electrons. The monoisotopic (exact) mass is 164 g/mol. The molecule has 9 heavy (non-hydrogen) atoms. The van der Waals surface area contributed by atoms with Gasteiger partial charge in [0.05, 0.1) is 0 Å². The summed E-state index contributed by atoms with van der Waals surface area (Å²) in [5.41, 5.74) is 0. The topological polar surface area (TPSA) is 63.6 Å². The molecule has 0 amide bonds. The molecular weight excluding hydrogens is 155 g/mol. The second-order valence-corrected chi connectivity index (χ2v) is 1.98. The van der Waals surface area contributed by atoms with Crippen molar-refractivity contribution in [3.8, 4) is 0 Å². The van der Waals surface area contributed by atoms with Crippen molar-refractivity contribution in [3.05, 3.63) is 0 Å². The van der Waals surface area contributed by atoms with Crippen LogP contribution in [0.3, 0.4) is 0 Å². The molecule has 0 atom stereocenters. The van der Waals surface area contributed by atoms with Crippen LogP contribution in [0.1, 0.15) is 19.3 Å². The van der Waals surface area contributed by atoms with Crippen LogP contribution < -0.4 is 0 Å². The number of thiol groups is 1. The van der Waals surface area contributed by atoms with Crippen molar-refractivity contribution >= 4 is 40.5 Å². The molecule has 4 nitrogen and oxygen atoms in total. The van der Waals surface area contributed by atoms with Crippen LogP contribution in [0, 0.1) is 0 Å². The molecule has 0 bridgehead atoms. The molecule has 0 aliphatic heterocycles. The zero-order valence-corrected chi connectivity index (χ0v) is 5.13. The van der Waals surface area contributed by atoms with Crippen LogP contribution in [-0.4, -0.2) is 43.2 Å². The summed E-state index contributed by atoms with van der Waals surface area (Å²) in [6, 6.07) is 0. The summed E-state index contributed by atoms with van der Waals surface area (Å²) in [7, 11) is -3.04. The molecule has 52 valence electrons. The number of rotatable bonds is 1. The van der Waals surface area contributed by atoms with Gasteiger partial charge in [0.25, 0.3) is 11.0 Å².